The highest BCUT2D eigenvalue weighted by Gasteiger charge is 2.18. The van der Waals surface area contributed by atoms with E-state index >= 15 is 0 Å². The van der Waals surface area contributed by atoms with Gasteiger partial charge in [-0.1, -0.05) is 81.5 Å². The average Bonchev–Trinajstić information content (AvgIpc) is 2.67. The van der Waals surface area contributed by atoms with E-state index in [-0.39, 0.29) is 11.8 Å². The molecule has 0 aliphatic rings. The molecule has 0 aliphatic heterocycles. The van der Waals surface area contributed by atoms with Crippen molar-refractivity contribution >= 4 is 5.97 Å². The normalized spacial score (nSPS) is 12.0. The van der Waals surface area contributed by atoms with Crippen molar-refractivity contribution in [3.05, 3.63) is 59.9 Å². The Labute approximate surface area is 156 Å². The van der Waals surface area contributed by atoms with Crippen LogP contribution in [0.25, 0.3) is 11.1 Å². The third kappa shape index (κ3) is 5.98. The van der Waals surface area contributed by atoms with E-state index < -0.39 is 5.92 Å². The summed E-state index contributed by atoms with van der Waals surface area (Å²) in [6.07, 6.45) is 6.90. The topological polar surface area (TPSA) is 26.3 Å². The number of unbranched alkanes of at least 4 members (excludes halogenated alkanes) is 5. The van der Waals surface area contributed by atoms with E-state index in [1.54, 1.807) is 13.0 Å². The summed E-state index contributed by atoms with van der Waals surface area (Å²) in [4.78, 5) is 12.2. The van der Waals surface area contributed by atoms with Crippen LogP contribution in [0.4, 0.5) is 4.39 Å². The molecule has 0 amide bonds. The standard InChI is InChI=1S/C23H29FO2/c1-3-4-5-6-7-11-16-26-23(25)18(2)20-14-15-21(22(24)17-20)19-12-9-8-10-13-19/h8-10,12-15,17-18H,3-7,11,16H2,1-2H3. The Balaban J connectivity index is 1.86. The number of halogens is 1. The van der Waals surface area contributed by atoms with Crippen molar-refractivity contribution in [2.45, 2.75) is 58.3 Å². The predicted octanol–water partition coefficient (Wildman–Crippen LogP) is 6.50. The van der Waals surface area contributed by atoms with Crippen LogP contribution in [0.5, 0.6) is 0 Å². The van der Waals surface area contributed by atoms with Gasteiger partial charge in [-0.3, -0.25) is 4.79 Å². The second kappa shape index (κ2) is 10.7. The van der Waals surface area contributed by atoms with Crippen LogP contribution in [0.1, 0.15) is 63.9 Å². The summed E-state index contributed by atoms with van der Waals surface area (Å²) >= 11 is 0. The molecule has 0 aromatic heterocycles. The molecule has 2 rings (SSSR count). The molecule has 0 spiro atoms. The molecule has 2 nitrogen and oxygen atoms in total. The van der Waals surface area contributed by atoms with Crippen LogP contribution in [-0.2, 0) is 9.53 Å². The SMILES string of the molecule is CCCCCCCCOC(=O)C(C)c1ccc(-c2ccccc2)c(F)c1. The lowest BCUT2D eigenvalue weighted by Gasteiger charge is -2.13. The molecule has 1 atom stereocenters. The van der Waals surface area contributed by atoms with Gasteiger partial charge in [0.05, 0.1) is 12.5 Å². The van der Waals surface area contributed by atoms with Gasteiger partial charge in [-0.05, 0) is 30.5 Å². The van der Waals surface area contributed by atoms with Gasteiger partial charge < -0.3 is 4.74 Å². The highest BCUT2D eigenvalue weighted by molar-refractivity contribution is 5.78. The first kappa shape index (κ1) is 20.2. The molecule has 0 saturated heterocycles. The van der Waals surface area contributed by atoms with Crippen LogP contribution in [0.2, 0.25) is 0 Å². The Morgan fingerprint density at radius 2 is 1.69 bits per heavy atom. The first-order valence-electron chi connectivity index (χ1n) is 9.65. The first-order chi connectivity index (χ1) is 12.6. The highest BCUT2D eigenvalue weighted by Crippen LogP contribution is 2.26. The Bertz CT molecular complexity index is 682. The number of ether oxygens (including phenoxy) is 1. The molecule has 26 heavy (non-hydrogen) atoms. The van der Waals surface area contributed by atoms with Gasteiger partial charge >= 0.3 is 5.97 Å². The number of carbonyl (C=O) groups excluding carboxylic acids is 1. The largest absolute Gasteiger partial charge is 0.465 e. The second-order valence-corrected chi connectivity index (χ2v) is 6.76. The monoisotopic (exact) mass is 356 g/mol. The molecule has 1 unspecified atom stereocenters. The molecule has 2 aromatic carbocycles. The van der Waals surface area contributed by atoms with Gasteiger partial charge in [0.2, 0.25) is 0 Å². The number of hydrogen-bond acceptors (Lipinski definition) is 2. The molecule has 0 heterocycles. The summed E-state index contributed by atoms with van der Waals surface area (Å²) in [5, 5.41) is 0. The first-order valence-corrected chi connectivity index (χ1v) is 9.65. The van der Waals surface area contributed by atoms with Crippen molar-refractivity contribution in [2.24, 2.45) is 0 Å². The number of carbonyl (C=O) groups is 1. The van der Waals surface area contributed by atoms with Gasteiger partial charge in [0.25, 0.3) is 0 Å². The fourth-order valence-electron chi connectivity index (χ4n) is 2.97. The minimum Gasteiger partial charge on any atom is -0.465 e. The van der Waals surface area contributed by atoms with Gasteiger partial charge in [0, 0.05) is 5.56 Å². The maximum Gasteiger partial charge on any atom is 0.313 e. The maximum absolute atomic E-state index is 14.5. The summed E-state index contributed by atoms with van der Waals surface area (Å²) in [6, 6.07) is 14.4. The third-order valence-electron chi connectivity index (χ3n) is 4.67. The number of rotatable bonds is 10. The van der Waals surface area contributed by atoms with E-state index in [4.69, 9.17) is 4.74 Å². The molecule has 0 N–H and O–H groups in total. The molecule has 0 aliphatic carbocycles. The van der Waals surface area contributed by atoms with Crippen LogP contribution in [0, 0.1) is 5.82 Å². The Kier molecular flexibility index (Phi) is 8.33. The predicted molar refractivity (Wildman–Crippen MR) is 105 cm³/mol. The highest BCUT2D eigenvalue weighted by atomic mass is 19.1. The van der Waals surface area contributed by atoms with E-state index in [1.165, 1.54) is 31.7 Å². The minimum atomic E-state index is -0.464. The molecule has 0 radical (unpaired) electrons. The number of hydrogen-bond donors (Lipinski definition) is 0. The zero-order valence-corrected chi connectivity index (χ0v) is 15.8. The Morgan fingerprint density at radius 3 is 2.38 bits per heavy atom. The number of benzene rings is 2. The lowest BCUT2D eigenvalue weighted by molar-refractivity contribution is -0.145. The van der Waals surface area contributed by atoms with E-state index in [2.05, 4.69) is 6.92 Å². The van der Waals surface area contributed by atoms with E-state index in [9.17, 15) is 9.18 Å². The van der Waals surface area contributed by atoms with Gasteiger partial charge in [-0.15, -0.1) is 0 Å². The van der Waals surface area contributed by atoms with Crippen molar-refractivity contribution < 1.29 is 13.9 Å². The minimum absolute atomic E-state index is 0.287. The van der Waals surface area contributed by atoms with Crippen molar-refractivity contribution in [3.63, 3.8) is 0 Å². The molecule has 140 valence electrons. The molecule has 3 heteroatoms. The van der Waals surface area contributed by atoms with Crippen LogP contribution in [0.15, 0.2) is 48.5 Å². The van der Waals surface area contributed by atoms with Crippen molar-refractivity contribution in [2.75, 3.05) is 6.61 Å². The Morgan fingerprint density at radius 1 is 1.00 bits per heavy atom. The van der Waals surface area contributed by atoms with Crippen LogP contribution >= 0.6 is 0 Å². The quantitative estimate of drug-likeness (QED) is 0.359. The van der Waals surface area contributed by atoms with E-state index in [0.717, 1.165) is 18.4 Å². The zero-order valence-electron chi connectivity index (χ0n) is 15.8. The molecular formula is C23H29FO2. The van der Waals surface area contributed by atoms with Crippen LogP contribution in [0.3, 0.4) is 0 Å². The van der Waals surface area contributed by atoms with Crippen molar-refractivity contribution in [3.8, 4) is 11.1 Å². The lowest BCUT2D eigenvalue weighted by atomic mass is 9.97. The summed E-state index contributed by atoms with van der Waals surface area (Å²) in [7, 11) is 0. The second-order valence-electron chi connectivity index (χ2n) is 6.76. The summed E-state index contributed by atoms with van der Waals surface area (Å²) < 4.78 is 19.8. The Hall–Kier alpha value is -2.16. The van der Waals surface area contributed by atoms with Gasteiger partial charge in [-0.2, -0.15) is 0 Å². The van der Waals surface area contributed by atoms with E-state index in [0.29, 0.717) is 17.7 Å². The van der Waals surface area contributed by atoms with Crippen LogP contribution < -0.4 is 0 Å². The van der Waals surface area contributed by atoms with E-state index in [1.807, 2.05) is 36.4 Å². The van der Waals surface area contributed by atoms with Crippen molar-refractivity contribution in [1.29, 1.82) is 0 Å². The fourth-order valence-corrected chi connectivity index (χ4v) is 2.97. The van der Waals surface area contributed by atoms with Gasteiger partial charge in [0.15, 0.2) is 0 Å². The summed E-state index contributed by atoms with van der Waals surface area (Å²) in [5.74, 6) is -1.07. The molecule has 0 bridgehead atoms. The summed E-state index contributed by atoms with van der Waals surface area (Å²) in [5.41, 5.74) is 2.02. The fraction of sp³-hybridized carbons (Fsp3) is 0.435. The average molecular weight is 356 g/mol. The molecular weight excluding hydrogens is 327 g/mol. The van der Waals surface area contributed by atoms with Crippen LogP contribution in [-0.4, -0.2) is 12.6 Å². The smallest absolute Gasteiger partial charge is 0.313 e. The van der Waals surface area contributed by atoms with Gasteiger partial charge in [-0.25, -0.2) is 4.39 Å². The lowest BCUT2D eigenvalue weighted by Crippen LogP contribution is -2.14. The third-order valence-corrected chi connectivity index (χ3v) is 4.67. The zero-order chi connectivity index (χ0) is 18.8. The van der Waals surface area contributed by atoms with Crippen molar-refractivity contribution in [1.82, 2.24) is 0 Å². The van der Waals surface area contributed by atoms with Gasteiger partial charge in [0.1, 0.15) is 5.82 Å². The maximum atomic E-state index is 14.5. The molecule has 0 fully saturated rings. The molecule has 0 saturated carbocycles. The molecule has 2 aromatic rings. The number of esters is 1. The summed E-state index contributed by atoms with van der Waals surface area (Å²) in [6.45, 7) is 4.40.